The number of fused-ring (bicyclic) bond motifs is 3. The molecule has 0 fully saturated rings. The van der Waals surface area contributed by atoms with Crippen LogP contribution in [0.25, 0.3) is 10.9 Å². The van der Waals surface area contributed by atoms with Gasteiger partial charge in [0.15, 0.2) is 0 Å². The minimum absolute atomic E-state index is 0.0145. The monoisotopic (exact) mass is 487 g/mol. The Labute approximate surface area is 196 Å². The summed E-state index contributed by atoms with van der Waals surface area (Å²) in [5.74, 6) is -0.606. The fraction of sp³-hybridized carbons (Fsp3) is 0.348. The van der Waals surface area contributed by atoms with Gasteiger partial charge >= 0.3 is 5.97 Å². The van der Waals surface area contributed by atoms with E-state index in [0.717, 1.165) is 22.2 Å². The van der Waals surface area contributed by atoms with Crippen molar-refractivity contribution in [1.29, 1.82) is 0 Å². The topological polar surface area (TPSA) is 130 Å². The first-order chi connectivity index (χ1) is 16.2. The third-order valence-electron chi connectivity index (χ3n) is 5.82. The van der Waals surface area contributed by atoms with Crippen LogP contribution in [0.2, 0.25) is 0 Å². The van der Waals surface area contributed by atoms with Gasteiger partial charge in [-0.1, -0.05) is 36.4 Å². The van der Waals surface area contributed by atoms with Crippen LogP contribution in [0, 0.1) is 10.1 Å². The fourth-order valence-corrected chi connectivity index (χ4v) is 5.73. The molecule has 1 N–H and O–H groups in total. The molecule has 0 spiro atoms. The lowest BCUT2D eigenvalue weighted by Gasteiger charge is -2.25. The summed E-state index contributed by atoms with van der Waals surface area (Å²) in [6.45, 7) is 1.62. The van der Waals surface area contributed by atoms with E-state index in [-0.39, 0.29) is 17.4 Å². The molecule has 10 nitrogen and oxygen atoms in total. The zero-order chi connectivity index (χ0) is 24.3. The Morgan fingerprint density at radius 1 is 1.21 bits per heavy atom. The zero-order valence-corrected chi connectivity index (χ0v) is 19.4. The normalized spacial score (nSPS) is 16.6. The Balaban J connectivity index is 1.51. The molecule has 0 aliphatic heterocycles. The molecule has 1 heterocycles. The van der Waals surface area contributed by atoms with Crippen LogP contribution in [-0.4, -0.2) is 36.4 Å². The van der Waals surface area contributed by atoms with Crippen molar-refractivity contribution in [2.45, 2.75) is 56.4 Å². The summed E-state index contributed by atoms with van der Waals surface area (Å²) in [5, 5.41) is 10.4. The second-order valence-corrected chi connectivity index (χ2v) is 9.82. The Kier molecular flexibility index (Phi) is 6.85. The molecular formula is C23H25N3O7S. The maximum Gasteiger partial charge on any atom is 0.309 e. The molecule has 1 aromatic heterocycles. The number of benzene rings is 2. The number of hydrogen-bond donors (Lipinski definition) is 1. The molecule has 1 unspecified atom stereocenters. The lowest BCUT2D eigenvalue weighted by Crippen LogP contribution is -2.39. The van der Waals surface area contributed by atoms with Crippen molar-refractivity contribution in [2.24, 2.45) is 0 Å². The number of sulfonamides is 1. The molecule has 3 aromatic rings. The summed E-state index contributed by atoms with van der Waals surface area (Å²) in [6, 6.07) is 15.8. The Morgan fingerprint density at radius 3 is 2.65 bits per heavy atom. The minimum atomic E-state index is -3.63. The van der Waals surface area contributed by atoms with Crippen molar-refractivity contribution in [2.75, 3.05) is 0 Å². The Hall–Kier alpha value is -3.44. The quantitative estimate of drug-likeness (QED) is 0.213. The molecule has 11 heteroatoms. The first-order valence-corrected chi connectivity index (χ1v) is 12.4. The number of nitrogens with zero attached hydrogens (tertiary/aromatic N) is 2. The van der Waals surface area contributed by atoms with Gasteiger partial charge in [-0.25, -0.2) is 13.1 Å². The van der Waals surface area contributed by atoms with Gasteiger partial charge in [0.2, 0.25) is 16.3 Å². The van der Waals surface area contributed by atoms with Crippen molar-refractivity contribution in [3.63, 3.8) is 0 Å². The molecule has 1 aliphatic rings. The molecule has 0 amide bonds. The Bertz CT molecular complexity index is 1300. The number of rotatable bonds is 9. The lowest BCUT2D eigenvalue weighted by molar-refractivity contribution is -0.777. The van der Waals surface area contributed by atoms with Crippen molar-refractivity contribution in [3.8, 4) is 0 Å². The maximum absolute atomic E-state index is 12.8. The van der Waals surface area contributed by atoms with Crippen LogP contribution < -0.4 is 4.72 Å². The van der Waals surface area contributed by atoms with E-state index in [2.05, 4.69) is 9.56 Å². The summed E-state index contributed by atoms with van der Waals surface area (Å²) in [4.78, 5) is 27.0. The predicted molar refractivity (Wildman–Crippen MR) is 123 cm³/mol. The first-order valence-electron chi connectivity index (χ1n) is 10.9. The van der Waals surface area contributed by atoms with Crippen molar-refractivity contribution < 1.29 is 27.9 Å². The summed E-state index contributed by atoms with van der Waals surface area (Å²) < 4.78 is 35.4. The van der Waals surface area contributed by atoms with Crippen LogP contribution in [0.15, 0.2) is 59.5 Å². The summed E-state index contributed by atoms with van der Waals surface area (Å²) >= 11 is 0. The number of carbonyl (C=O) groups is 1. The molecule has 2 atom stereocenters. The molecular weight excluding hydrogens is 462 g/mol. The van der Waals surface area contributed by atoms with Crippen molar-refractivity contribution in [3.05, 3.63) is 76.0 Å². The standard InChI is InChI=1S/C23H25N3O7S/c1-16(33-26(28)29)32-23(27)13-14-25-21-10-6-5-9-19(21)20-15-17(11-12-22(20)25)24-34(30,31)18-7-3-2-4-8-18/h2-10,16-17,24H,11-15H2,1H3/t16?,17-/m1/s1. The average Bonchev–Trinajstić information content (AvgIpc) is 3.10. The second kappa shape index (κ2) is 9.82. The van der Waals surface area contributed by atoms with E-state index in [1.165, 1.54) is 6.92 Å². The average molecular weight is 488 g/mol. The van der Waals surface area contributed by atoms with Gasteiger partial charge in [0.05, 0.1) is 11.3 Å². The highest BCUT2D eigenvalue weighted by molar-refractivity contribution is 7.89. The van der Waals surface area contributed by atoms with Crippen LogP contribution in [0.4, 0.5) is 0 Å². The van der Waals surface area contributed by atoms with Gasteiger partial charge in [-0.3, -0.25) is 9.63 Å². The number of para-hydroxylation sites is 1. The van der Waals surface area contributed by atoms with E-state index in [0.29, 0.717) is 25.8 Å². The largest absolute Gasteiger partial charge is 0.435 e. The maximum atomic E-state index is 12.8. The summed E-state index contributed by atoms with van der Waals surface area (Å²) in [5.41, 5.74) is 3.06. The van der Waals surface area contributed by atoms with Gasteiger partial charge in [0.25, 0.3) is 5.09 Å². The van der Waals surface area contributed by atoms with Gasteiger partial charge < -0.3 is 9.30 Å². The number of aromatic nitrogens is 1. The molecule has 1 aliphatic carbocycles. The molecule has 180 valence electrons. The van der Waals surface area contributed by atoms with E-state index >= 15 is 0 Å². The zero-order valence-electron chi connectivity index (χ0n) is 18.5. The van der Waals surface area contributed by atoms with E-state index in [4.69, 9.17) is 4.74 Å². The van der Waals surface area contributed by atoms with Crippen LogP contribution in [0.1, 0.15) is 31.0 Å². The minimum Gasteiger partial charge on any atom is -0.435 e. The molecule has 0 radical (unpaired) electrons. The number of carbonyl (C=O) groups excluding carboxylic acids is 1. The molecule has 4 rings (SSSR count). The van der Waals surface area contributed by atoms with Crippen molar-refractivity contribution >= 4 is 26.9 Å². The summed E-state index contributed by atoms with van der Waals surface area (Å²) in [6.07, 6.45) is 0.527. The fourth-order valence-electron chi connectivity index (χ4n) is 4.43. The highest BCUT2D eigenvalue weighted by Crippen LogP contribution is 2.33. The van der Waals surface area contributed by atoms with Gasteiger partial charge in [-0.15, -0.1) is 10.1 Å². The third kappa shape index (κ3) is 5.20. The molecule has 2 aromatic carbocycles. The van der Waals surface area contributed by atoms with Crippen LogP contribution in [0.5, 0.6) is 0 Å². The van der Waals surface area contributed by atoms with Gasteiger partial charge in [-0.2, -0.15) is 0 Å². The third-order valence-corrected chi connectivity index (χ3v) is 7.36. The smallest absolute Gasteiger partial charge is 0.309 e. The number of aryl methyl sites for hydroxylation is 1. The summed E-state index contributed by atoms with van der Waals surface area (Å²) in [7, 11) is -3.63. The van der Waals surface area contributed by atoms with E-state index in [1.807, 2.05) is 28.8 Å². The predicted octanol–water partition coefficient (Wildman–Crippen LogP) is 2.96. The lowest BCUT2D eigenvalue weighted by atomic mass is 9.92. The number of ether oxygens (including phenoxy) is 1. The van der Waals surface area contributed by atoms with Gasteiger partial charge in [-0.05, 0) is 49.9 Å². The number of esters is 1. The van der Waals surface area contributed by atoms with Gasteiger partial charge in [0, 0.05) is 29.2 Å². The highest BCUT2D eigenvalue weighted by Gasteiger charge is 2.28. The van der Waals surface area contributed by atoms with Crippen LogP contribution in [-0.2, 0) is 43.8 Å². The first kappa shape index (κ1) is 23.7. The SMILES string of the molecule is CC(OC(=O)CCn1c2c(c3ccccc31)C[C@H](NS(=O)(=O)c1ccccc1)CC2)O[N+](=O)[O-]. The molecule has 0 saturated heterocycles. The van der Waals surface area contributed by atoms with E-state index in [1.54, 1.807) is 30.3 Å². The molecule has 0 saturated carbocycles. The van der Waals surface area contributed by atoms with E-state index in [9.17, 15) is 23.3 Å². The second-order valence-electron chi connectivity index (χ2n) is 8.10. The highest BCUT2D eigenvalue weighted by atomic mass is 32.2. The van der Waals surface area contributed by atoms with Gasteiger partial charge in [0.1, 0.15) is 0 Å². The van der Waals surface area contributed by atoms with Crippen molar-refractivity contribution in [1.82, 2.24) is 9.29 Å². The number of hydrogen-bond acceptors (Lipinski definition) is 7. The Morgan fingerprint density at radius 2 is 1.91 bits per heavy atom. The number of nitrogens with one attached hydrogen (secondary N) is 1. The van der Waals surface area contributed by atoms with E-state index < -0.39 is 27.4 Å². The molecule has 0 bridgehead atoms. The van der Waals surface area contributed by atoms with Crippen LogP contribution >= 0.6 is 0 Å². The van der Waals surface area contributed by atoms with Crippen LogP contribution in [0.3, 0.4) is 0 Å². The molecule has 34 heavy (non-hydrogen) atoms.